The molecule has 0 aromatic heterocycles. The van der Waals surface area contributed by atoms with Crippen molar-refractivity contribution in [3.8, 4) is 5.75 Å². The fourth-order valence-corrected chi connectivity index (χ4v) is 2.01. The first-order valence-corrected chi connectivity index (χ1v) is 6.34. The molecule has 1 aliphatic rings. The van der Waals surface area contributed by atoms with Gasteiger partial charge in [0.2, 0.25) is 5.91 Å². The maximum absolute atomic E-state index is 11.9. The van der Waals surface area contributed by atoms with Crippen LogP contribution in [0.2, 0.25) is 0 Å². The molecule has 0 bridgehead atoms. The number of para-hydroxylation sites is 1. The van der Waals surface area contributed by atoms with Crippen LogP contribution in [0.25, 0.3) is 0 Å². The molecule has 0 saturated heterocycles. The molecule has 1 atom stereocenters. The van der Waals surface area contributed by atoms with Crippen LogP contribution in [0.1, 0.15) is 12.5 Å². The smallest absolute Gasteiger partial charge is 0.325 e. The van der Waals surface area contributed by atoms with Crippen LogP contribution in [0.15, 0.2) is 24.3 Å². The van der Waals surface area contributed by atoms with Gasteiger partial charge in [0, 0.05) is 0 Å². The molecule has 5 heteroatoms. The molecule has 1 unspecified atom stereocenters. The molecule has 1 N–H and O–H groups in total. The quantitative estimate of drug-likeness (QED) is 0.820. The summed E-state index contributed by atoms with van der Waals surface area (Å²) in [6.45, 7) is 2.29. The van der Waals surface area contributed by atoms with E-state index in [1.165, 1.54) is 0 Å². The van der Waals surface area contributed by atoms with Gasteiger partial charge < -0.3 is 14.8 Å². The van der Waals surface area contributed by atoms with Crippen molar-refractivity contribution in [2.75, 3.05) is 19.8 Å². The van der Waals surface area contributed by atoms with E-state index in [2.05, 4.69) is 5.32 Å². The highest BCUT2D eigenvalue weighted by Gasteiger charge is 2.25. The Morgan fingerprint density at radius 1 is 1.42 bits per heavy atom. The lowest BCUT2D eigenvalue weighted by Gasteiger charge is -2.24. The van der Waals surface area contributed by atoms with E-state index < -0.39 is 5.97 Å². The van der Waals surface area contributed by atoms with Gasteiger partial charge in [-0.1, -0.05) is 18.2 Å². The third-order valence-corrected chi connectivity index (χ3v) is 2.96. The number of amides is 1. The lowest BCUT2D eigenvalue weighted by Crippen LogP contribution is -2.40. The standard InChI is InChI=1S/C14H17NO4/c1-2-18-13(16)8-15-14(17)11-7-10-5-3-4-6-12(10)19-9-11/h3-6,11H,2,7-9H2,1H3,(H,15,17). The molecule has 1 amide bonds. The van der Waals surface area contributed by atoms with Crippen LogP contribution in [0.5, 0.6) is 5.75 Å². The van der Waals surface area contributed by atoms with Crippen LogP contribution in [0.4, 0.5) is 0 Å². The topological polar surface area (TPSA) is 64.6 Å². The molecule has 0 radical (unpaired) electrons. The number of ether oxygens (including phenoxy) is 2. The molecule has 19 heavy (non-hydrogen) atoms. The van der Waals surface area contributed by atoms with Crippen molar-refractivity contribution in [3.63, 3.8) is 0 Å². The van der Waals surface area contributed by atoms with Crippen LogP contribution in [0, 0.1) is 5.92 Å². The summed E-state index contributed by atoms with van der Waals surface area (Å²) in [7, 11) is 0. The molecule has 0 aliphatic carbocycles. The number of hydrogen-bond acceptors (Lipinski definition) is 4. The van der Waals surface area contributed by atoms with Gasteiger partial charge in [0.1, 0.15) is 18.9 Å². The molecule has 0 saturated carbocycles. The average molecular weight is 263 g/mol. The minimum absolute atomic E-state index is 0.0924. The molecular weight excluding hydrogens is 246 g/mol. The van der Waals surface area contributed by atoms with Gasteiger partial charge in [-0.25, -0.2) is 0 Å². The largest absolute Gasteiger partial charge is 0.492 e. The number of benzene rings is 1. The van der Waals surface area contributed by atoms with E-state index in [9.17, 15) is 9.59 Å². The highest BCUT2D eigenvalue weighted by molar-refractivity contribution is 5.84. The maximum Gasteiger partial charge on any atom is 0.325 e. The summed E-state index contributed by atoms with van der Waals surface area (Å²) in [5.74, 6) is -0.0307. The first-order chi connectivity index (χ1) is 9.20. The van der Waals surface area contributed by atoms with E-state index in [0.717, 1.165) is 11.3 Å². The Kier molecular flexibility index (Phi) is 4.39. The fraction of sp³-hybridized carbons (Fsp3) is 0.429. The molecule has 102 valence electrons. The van der Waals surface area contributed by atoms with Gasteiger partial charge in [0.05, 0.1) is 12.5 Å². The third-order valence-electron chi connectivity index (χ3n) is 2.96. The van der Waals surface area contributed by atoms with Gasteiger partial charge in [0.25, 0.3) is 0 Å². The van der Waals surface area contributed by atoms with Crippen molar-refractivity contribution in [1.29, 1.82) is 0 Å². The second-order valence-electron chi connectivity index (χ2n) is 4.34. The Morgan fingerprint density at radius 2 is 2.21 bits per heavy atom. The Labute approximate surface area is 111 Å². The van der Waals surface area contributed by atoms with Gasteiger partial charge in [0.15, 0.2) is 0 Å². The predicted molar refractivity (Wildman–Crippen MR) is 68.8 cm³/mol. The molecule has 5 nitrogen and oxygen atoms in total. The first kappa shape index (κ1) is 13.4. The van der Waals surface area contributed by atoms with Gasteiger partial charge in [-0.15, -0.1) is 0 Å². The summed E-state index contributed by atoms with van der Waals surface area (Å²) in [4.78, 5) is 23.1. The average Bonchev–Trinajstić information content (AvgIpc) is 2.44. The SMILES string of the molecule is CCOC(=O)CNC(=O)C1COc2ccccc2C1. The molecule has 0 fully saturated rings. The predicted octanol–water partition coefficient (Wildman–Crippen LogP) is 0.917. The van der Waals surface area contributed by atoms with Crippen molar-refractivity contribution in [1.82, 2.24) is 5.32 Å². The van der Waals surface area contributed by atoms with E-state index in [-0.39, 0.29) is 18.4 Å². The van der Waals surface area contributed by atoms with Crippen LogP contribution in [0.3, 0.4) is 0 Å². The fourth-order valence-electron chi connectivity index (χ4n) is 2.01. The number of carbonyl (C=O) groups is 2. The van der Waals surface area contributed by atoms with E-state index in [1.54, 1.807) is 6.92 Å². The minimum Gasteiger partial charge on any atom is -0.492 e. The molecule has 1 heterocycles. The van der Waals surface area contributed by atoms with Crippen molar-refractivity contribution in [2.24, 2.45) is 5.92 Å². The highest BCUT2D eigenvalue weighted by Crippen LogP contribution is 2.26. The normalized spacial score (nSPS) is 17.0. The molecule has 1 aromatic rings. The lowest BCUT2D eigenvalue weighted by atomic mass is 9.96. The Hall–Kier alpha value is -2.04. The number of nitrogens with one attached hydrogen (secondary N) is 1. The Balaban J connectivity index is 1.87. The minimum atomic E-state index is -0.423. The Morgan fingerprint density at radius 3 is 3.00 bits per heavy atom. The summed E-state index contributed by atoms with van der Waals surface area (Å²) in [5.41, 5.74) is 1.02. The summed E-state index contributed by atoms with van der Waals surface area (Å²) < 4.78 is 10.3. The molecular formula is C14H17NO4. The third kappa shape index (κ3) is 3.47. The second kappa shape index (κ2) is 6.22. The van der Waals surface area contributed by atoms with Gasteiger partial charge in [-0.3, -0.25) is 9.59 Å². The first-order valence-electron chi connectivity index (χ1n) is 6.34. The zero-order chi connectivity index (χ0) is 13.7. The van der Waals surface area contributed by atoms with Crippen molar-refractivity contribution < 1.29 is 19.1 Å². The molecule has 1 aliphatic heterocycles. The number of rotatable bonds is 4. The van der Waals surface area contributed by atoms with Crippen molar-refractivity contribution in [3.05, 3.63) is 29.8 Å². The van der Waals surface area contributed by atoms with E-state index in [1.807, 2.05) is 24.3 Å². The molecule has 2 rings (SSSR count). The van der Waals surface area contributed by atoms with Crippen molar-refractivity contribution >= 4 is 11.9 Å². The number of esters is 1. The summed E-state index contributed by atoms with van der Waals surface area (Å²) in [5, 5.41) is 2.57. The van der Waals surface area contributed by atoms with Gasteiger partial charge in [-0.05, 0) is 25.0 Å². The zero-order valence-corrected chi connectivity index (χ0v) is 10.8. The summed E-state index contributed by atoms with van der Waals surface area (Å²) in [6, 6.07) is 7.66. The van der Waals surface area contributed by atoms with Crippen LogP contribution < -0.4 is 10.1 Å². The monoisotopic (exact) mass is 263 g/mol. The number of hydrogen-bond donors (Lipinski definition) is 1. The zero-order valence-electron chi connectivity index (χ0n) is 10.8. The van der Waals surface area contributed by atoms with E-state index in [0.29, 0.717) is 19.6 Å². The Bertz CT molecular complexity index is 472. The number of carbonyl (C=O) groups excluding carboxylic acids is 2. The number of fused-ring (bicyclic) bond motifs is 1. The van der Waals surface area contributed by atoms with Crippen LogP contribution in [-0.4, -0.2) is 31.6 Å². The van der Waals surface area contributed by atoms with E-state index in [4.69, 9.17) is 9.47 Å². The van der Waals surface area contributed by atoms with Crippen molar-refractivity contribution in [2.45, 2.75) is 13.3 Å². The van der Waals surface area contributed by atoms with Crippen LogP contribution in [-0.2, 0) is 20.7 Å². The maximum atomic E-state index is 11.9. The summed E-state index contributed by atoms with van der Waals surface area (Å²) in [6.07, 6.45) is 0.630. The lowest BCUT2D eigenvalue weighted by molar-refractivity contribution is -0.144. The second-order valence-corrected chi connectivity index (χ2v) is 4.34. The van der Waals surface area contributed by atoms with Gasteiger partial charge in [-0.2, -0.15) is 0 Å². The van der Waals surface area contributed by atoms with E-state index >= 15 is 0 Å². The van der Waals surface area contributed by atoms with Gasteiger partial charge >= 0.3 is 5.97 Å². The molecule has 0 spiro atoms. The molecule has 1 aromatic carbocycles. The van der Waals surface area contributed by atoms with Crippen LogP contribution >= 0.6 is 0 Å². The summed E-state index contributed by atoms with van der Waals surface area (Å²) >= 11 is 0. The highest BCUT2D eigenvalue weighted by atomic mass is 16.5.